The maximum Gasteiger partial charge on any atom is 0.174 e. The molecule has 0 saturated heterocycles. The minimum atomic E-state index is -0.274. The smallest absolute Gasteiger partial charge is 0.174 e. The SMILES string of the molecule is Cc1nnc(SCC(C)O)s1. The van der Waals surface area contributed by atoms with Crippen LogP contribution in [0.4, 0.5) is 0 Å². The third-order valence-electron chi connectivity index (χ3n) is 0.956. The fourth-order valence-electron chi connectivity index (χ4n) is 0.529. The van der Waals surface area contributed by atoms with Gasteiger partial charge in [-0.25, -0.2) is 0 Å². The molecule has 11 heavy (non-hydrogen) atoms. The molecule has 1 aromatic heterocycles. The molecule has 1 unspecified atom stereocenters. The predicted molar refractivity (Wildman–Crippen MR) is 47.1 cm³/mol. The lowest BCUT2D eigenvalue weighted by Gasteiger charge is -1.98. The van der Waals surface area contributed by atoms with Crippen LogP contribution >= 0.6 is 23.1 Å². The second-order valence-corrected chi connectivity index (χ2v) is 4.70. The van der Waals surface area contributed by atoms with Crippen LogP contribution in [0.15, 0.2) is 4.34 Å². The Bertz CT molecular complexity index is 224. The summed E-state index contributed by atoms with van der Waals surface area (Å²) in [7, 11) is 0. The maximum atomic E-state index is 8.96. The van der Waals surface area contributed by atoms with Gasteiger partial charge >= 0.3 is 0 Å². The van der Waals surface area contributed by atoms with Gasteiger partial charge in [0.2, 0.25) is 0 Å². The summed E-state index contributed by atoms with van der Waals surface area (Å²) in [4.78, 5) is 0. The fourth-order valence-corrected chi connectivity index (χ4v) is 2.23. The molecular formula is C6H10N2OS2. The van der Waals surface area contributed by atoms with Crippen molar-refractivity contribution >= 4 is 23.1 Å². The molecular weight excluding hydrogens is 180 g/mol. The number of aryl methyl sites for hydroxylation is 1. The summed E-state index contributed by atoms with van der Waals surface area (Å²) in [5.41, 5.74) is 0. The third-order valence-corrected chi connectivity index (χ3v) is 3.17. The molecule has 1 N–H and O–H groups in total. The van der Waals surface area contributed by atoms with Gasteiger partial charge in [-0.15, -0.1) is 10.2 Å². The Labute approximate surface area is 73.9 Å². The molecule has 0 saturated carbocycles. The molecule has 0 aliphatic rings. The predicted octanol–water partition coefficient (Wildman–Crippen LogP) is 1.32. The van der Waals surface area contributed by atoms with E-state index < -0.39 is 0 Å². The van der Waals surface area contributed by atoms with Crippen molar-refractivity contribution in [3.05, 3.63) is 5.01 Å². The fraction of sp³-hybridized carbons (Fsp3) is 0.667. The Morgan fingerprint density at radius 3 is 2.82 bits per heavy atom. The van der Waals surface area contributed by atoms with Crippen molar-refractivity contribution in [2.24, 2.45) is 0 Å². The van der Waals surface area contributed by atoms with Crippen molar-refractivity contribution in [1.82, 2.24) is 10.2 Å². The first-order valence-corrected chi connectivity index (χ1v) is 5.09. The van der Waals surface area contributed by atoms with E-state index in [2.05, 4.69) is 10.2 Å². The van der Waals surface area contributed by atoms with Crippen molar-refractivity contribution < 1.29 is 5.11 Å². The van der Waals surface area contributed by atoms with Gasteiger partial charge < -0.3 is 5.11 Å². The monoisotopic (exact) mass is 190 g/mol. The van der Waals surface area contributed by atoms with E-state index in [-0.39, 0.29) is 6.10 Å². The Balaban J connectivity index is 2.39. The van der Waals surface area contributed by atoms with E-state index in [1.165, 1.54) is 0 Å². The number of aromatic nitrogens is 2. The van der Waals surface area contributed by atoms with Crippen LogP contribution in [0.2, 0.25) is 0 Å². The highest BCUT2D eigenvalue weighted by molar-refractivity contribution is 8.01. The minimum Gasteiger partial charge on any atom is -0.393 e. The van der Waals surface area contributed by atoms with Crippen LogP contribution in [0.3, 0.4) is 0 Å². The summed E-state index contributed by atoms with van der Waals surface area (Å²) in [5, 5.41) is 17.7. The number of aliphatic hydroxyl groups is 1. The second kappa shape index (κ2) is 4.04. The van der Waals surface area contributed by atoms with Gasteiger partial charge in [-0.05, 0) is 13.8 Å². The zero-order valence-electron chi connectivity index (χ0n) is 6.44. The lowest BCUT2D eigenvalue weighted by atomic mass is 10.5. The molecule has 0 bridgehead atoms. The molecule has 0 aromatic carbocycles. The topological polar surface area (TPSA) is 46.0 Å². The van der Waals surface area contributed by atoms with Crippen molar-refractivity contribution in [3.63, 3.8) is 0 Å². The zero-order chi connectivity index (χ0) is 8.27. The van der Waals surface area contributed by atoms with Crippen LogP contribution in [0.5, 0.6) is 0 Å². The standard InChI is InChI=1S/C6H10N2OS2/c1-4(9)3-10-6-8-7-5(2)11-6/h4,9H,3H2,1-2H3. The van der Waals surface area contributed by atoms with Gasteiger partial charge in [-0.3, -0.25) is 0 Å². The molecule has 1 heterocycles. The average molecular weight is 190 g/mol. The first-order valence-electron chi connectivity index (χ1n) is 3.29. The Morgan fingerprint density at radius 2 is 2.36 bits per heavy atom. The van der Waals surface area contributed by atoms with Crippen LogP contribution in [-0.4, -0.2) is 27.2 Å². The molecule has 0 aliphatic heterocycles. The summed E-state index contributed by atoms with van der Waals surface area (Å²) in [6, 6.07) is 0. The van der Waals surface area contributed by atoms with Crippen molar-refractivity contribution in [1.29, 1.82) is 0 Å². The summed E-state index contributed by atoms with van der Waals surface area (Å²) in [6.45, 7) is 3.69. The van der Waals surface area contributed by atoms with Crippen LogP contribution < -0.4 is 0 Å². The van der Waals surface area contributed by atoms with Crippen LogP contribution in [0.1, 0.15) is 11.9 Å². The van der Waals surface area contributed by atoms with Crippen molar-refractivity contribution in [2.45, 2.75) is 24.3 Å². The number of hydrogen-bond donors (Lipinski definition) is 1. The Morgan fingerprint density at radius 1 is 1.64 bits per heavy atom. The molecule has 0 radical (unpaired) electrons. The van der Waals surface area contributed by atoms with Gasteiger partial charge in [0.15, 0.2) is 4.34 Å². The number of hydrogen-bond acceptors (Lipinski definition) is 5. The van der Waals surface area contributed by atoms with E-state index in [1.807, 2.05) is 6.92 Å². The number of aliphatic hydroxyl groups excluding tert-OH is 1. The van der Waals surface area contributed by atoms with Gasteiger partial charge in [0.05, 0.1) is 6.10 Å². The van der Waals surface area contributed by atoms with E-state index in [1.54, 1.807) is 30.0 Å². The molecule has 0 aliphatic carbocycles. The second-order valence-electron chi connectivity index (χ2n) is 2.25. The first kappa shape index (κ1) is 8.96. The highest BCUT2D eigenvalue weighted by atomic mass is 32.2. The summed E-state index contributed by atoms with van der Waals surface area (Å²) < 4.78 is 0.934. The van der Waals surface area contributed by atoms with Crippen molar-refractivity contribution in [2.75, 3.05) is 5.75 Å². The van der Waals surface area contributed by atoms with Gasteiger partial charge in [0.25, 0.3) is 0 Å². The molecule has 1 aromatic rings. The highest BCUT2D eigenvalue weighted by Crippen LogP contribution is 2.21. The lowest BCUT2D eigenvalue weighted by Crippen LogP contribution is -2.01. The summed E-state index contributed by atoms with van der Waals surface area (Å²) in [5.74, 6) is 0.689. The Hall–Kier alpha value is -0.130. The molecule has 1 rings (SSSR count). The molecule has 5 heteroatoms. The lowest BCUT2D eigenvalue weighted by molar-refractivity contribution is 0.220. The number of rotatable bonds is 3. The Kier molecular flexibility index (Phi) is 3.29. The van der Waals surface area contributed by atoms with E-state index in [9.17, 15) is 0 Å². The van der Waals surface area contributed by atoms with E-state index >= 15 is 0 Å². The van der Waals surface area contributed by atoms with Gasteiger partial charge in [-0.2, -0.15) is 0 Å². The summed E-state index contributed by atoms with van der Waals surface area (Å²) >= 11 is 3.10. The van der Waals surface area contributed by atoms with Gasteiger partial charge in [0.1, 0.15) is 5.01 Å². The van der Waals surface area contributed by atoms with Crippen LogP contribution in [-0.2, 0) is 0 Å². The normalized spacial score (nSPS) is 13.4. The quantitative estimate of drug-likeness (QED) is 0.730. The first-order chi connectivity index (χ1) is 5.18. The minimum absolute atomic E-state index is 0.274. The van der Waals surface area contributed by atoms with Gasteiger partial charge in [-0.1, -0.05) is 23.1 Å². The van der Waals surface area contributed by atoms with Gasteiger partial charge in [0, 0.05) is 5.75 Å². The van der Waals surface area contributed by atoms with Crippen LogP contribution in [0.25, 0.3) is 0 Å². The maximum absolute atomic E-state index is 8.96. The molecule has 62 valence electrons. The zero-order valence-corrected chi connectivity index (χ0v) is 8.08. The average Bonchev–Trinajstić information content (AvgIpc) is 2.31. The van der Waals surface area contributed by atoms with E-state index in [4.69, 9.17) is 5.11 Å². The van der Waals surface area contributed by atoms with Crippen molar-refractivity contribution in [3.8, 4) is 0 Å². The largest absolute Gasteiger partial charge is 0.393 e. The molecule has 0 amide bonds. The number of nitrogens with zero attached hydrogens (tertiary/aromatic N) is 2. The van der Waals surface area contributed by atoms with E-state index in [0.717, 1.165) is 9.35 Å². The van der Waals surface area contributed by atoms with Crippen LogP contribution in [0, 0.1) is 6.92 Å². The molecule has 1 atom stereocenters. The number of thioether (sulfide) groups is 1. The molecule has 0 fully saturated rings. The highest BCUT2D eigenvalue weighted by Gasteiger charge is 2.02. The van der Waals surface area contributed by atoms with E-state index in [0.29, 0.717) is 5.75 Å². The third kappa shape index (κ3) is 3.18. The summed E-state index contributed by atoms with van der Waals surface area (Å²) in [6.07, 6.45) is -0.274. The molecule has 3 nitrogen and oxygen atoms in total. The molecule has 0 spiro atoms.